The van der Waals surface area contributed by atoms with Gasteiger partial charge in [-0.1, -0.05) is 0 Å². The maximum Gasteiger partial charge on any atom is 0.304 e. The Morgan fingerprint density at radius 2 is 2.14 bits per heavy atom. The van der Waals surface area contributed by atoms with Crippen LogP contribution in [0.3, 0.4) is 0 Å². The molecule has 1 heterocycles. The molecule has 1 aliphatic heterocycles. The molecule has 1 aliphatic rings. The lowest BCUT2D eigenvalue weighted by molar-refractivity contribution is -0.138. The van der Waals surface area contributed by atoms with Crippen LogP contribution >= 0.6 is 0 Å². The highest BCUT2D eigenvalue weighted by atomic mass is 16.4. The molecule has 14 heavy (non-hydrogen) atoms. The quantitative estimate of drug-likeness (QED) is 0.695. The van der Waals surface area contributed by atoms with Gasteiger partial charge in [-0.15, -0.1) is 0 Å². The zero-order chi connectivity index (χ0) is 10.6. The van der Waals surface area contributed by atoms with Crippen molar-refractivity contribution in [2.75, 3.05) is 20.1 Å². The molecule has 0 aromatic rings. The van der Waals surface area contributed by atoms with Gasteiger partial charge >= 0.3 is 5.97 Å². The summed E-state index contributed by atoms with van der Waals surface area (Å²) in [5.41, 5.74) is 0. The average Bonchev–Trinajstić information content (AvgIpc) is 2.17. The standard InChI is InChI=1S/C10H20N2O2/c1-8(7-10(13)14)12(2)9-3-5-11-6-4-9/h8-9,11H,3-7H2,1-2H3,(H,13,14). The summed E-state index contributed by atoms with van der Waals surface area (Å²) in [5.74, 6) is -0.710. The van der Waals surface area contributed by atoms with Gasteiger partial charge in [-0.05, 0) is 39.9 Å². The maximum absolute atomic E-state index is 10.6. The second kappa shape index (κ2) is 5.32. The number of hydrogen-bond donors (Lipinski definition) is 2. The van der Waals surface area contributed by atoms with Crippen molar-refractivity contribution in [2.45, 2.75) is 38.3 Å². The molecule has 0 aromatic heterocycles. The zero-order valence-corrected chi connectivity index (χ0v) is 8.99. The molecule has 1 saturated heterocycles. The predicted octanol–water partition coefficient (Wildman–Crippen LogP) is 0.533. The molecule has 82 valence electrons. The highest BCUT2D eigenvalue weighted by Gasteiger charge is 2.22. The first-order valence-electron chi connectivity index (χ1n) is 5.25. The van der Waals surface area contributed by atoms with Gasteiger partial charge in [-0.3, -0.25) is 4.79 Å². The number of carboxylic acids is 1. The largest absolute Gasteiger partial charge is 0.481 e. The van der Waals surface area contributed by atoms with Crippen molar-refractivity contribution in [2.24, 2.45) is 0 Å². The molecule has 0 bridgehead atoms. The predicted molar refractivity (Wildman–Crippen MR) is 55.4 cm³/mol. The molecule has 0 radical (unpaired) electrons. The smallest absolute Gasteiger partial charge is 0.304 e. The van der Waals surface area contributed by atoms with E-state index in [-0.39, 0.29) is 12.5 Å². The van der Waals surface area contributed by atoms with Crippen LogP contribution in [-0.2, 0) is 4.79 Å². The van der Waals surface area contributed by atoms with Crippen LogP contribution in [0.2, 0.25) is 0 Å². The van der Waals surface area contributed by atoms with Crippen LogP contribution in [0.1, 0.15) is 26.2 Å². The van der Waals surface area contributed by atoms with Gasteiger partial charge in [0.2, 0.25) is 0 Å². The second-order valence-corrected chi connectivity index (χ2v) is 4.09. The highest BCUT2D eigenvalue weighted by molar-refractivity contribution is 5.67. The maximum atomic E-state index is 10.6. The van der Waals surface area contributed by atoms with Crippen LogP contribution in [0.5, 0.6) is 0 Å². The number of carboxylic acid groups (broad SMARTS) is 1. The third-order valence-electron chi connectivity index (χ3n) is 3.05. The molecule has 0 aliphatic carbocycles. The van der Waals surface area contributed by atoms with E-state index in [1.165, 1.54) is 0 Å². The van der Waals surface area contributed by atoms with Gasteiger partial charge < -0.3 is 15.3 Å². The molecular weight excluding hydrogens is 180 g/mol. The number of rotatable bonds is 4. The fourth-order valence-electron chi connectivity index (χ4n) is 1.97. The Bertz CT molecular complexity index is 191. The third-order valence-corrected chi connectivity index (χ3v) is 3.05. The topological polar surface area (TPSA) is 52.6 Å². The molecule has 0 aromatic carbocycles. The van der Waals surface area contributed by atoms with E-state index < -0.39 is 5.97 Å². The summed E-state index contributed by atoms with van der Waals surface area (Å²) in [6, 6.07) is 0.682. The molecule has 0 spiro atoms. The van der Waals surface area contributed by atoms with Gasteiger partial charge in [0, 0.05) is 12.1 Å². The van der Waals surface area contributed by atoms with Crippen LogP contribution in [-0.4, -0.2) is 48.2 Å². The number of nitrogens with zero attached hydrogens (tertiary/aromatic N) is 1. The van der Waals surface area contributed by atoms with Gasteiger partial charge in [0.05, 0.1) is 6.42 Å². The molecule has 1 rings (SSSR count). The highest BCUT2D eigenvalue weighted by Crippen LogP contribution is 2.14. The van der Waals surface area contributed by atoms with Gasteiger partial charge in [0.1, 0.15) is 0 Å². The fourth-order valence-corrected chi connectivity index (χ4v) is 1.97. The molecule has 0 saturated carbocycles. The summed E-state index contributed by atoms with van der Waals surface area (Å²) in [6.45, 7) is 4.08. The number of aliphatic carboxylic acids is 1. The monoisotopic (exact) mass is 200 g/mol. The normalized spacial score (nSPS) is 21.1. The SMILES string of the molecule is CC(CC(=O)O)N(C)C1CCNCC1. The minimum atomic E-state index is -0.710. The molecular formula is C10H20N2O2. The van der Waals surface area contributed by atoms with E-state index in [4.69, 9.17) is 5.11 Å². The van der Waals surface area contributed by atoms with E-state index in [1.54, 1.807) is 0 Å². The molecule has 1 fully saturated rings. The number of piperidine rings is 1. The third kappa shape index (κ3) is 3.27. The fraction of sp³-hybridized carbons (Fsp3) is 0.900. The minimum Gasteiger partial charge on any atom is -0.481 e. The van der Waals surface area contributed by atoms with Crippen LogP contribution in [0.15, 0.2) is 0 Å². The second-order valence-electron chi connectivity index (χ2n) is 4.09. The first-order valence-corrected chi connectivity index (χ1v) is 5.25. The van der Waals surface area contributed by atoms with E-state index in [9.17, 15) is 4.79 Å². The summed E-state index contributed by atoms with van der Waals surface area (Å²) in [5, 5.41) is 12.0. The van der Waals surface area contributed by atoms with Crippen molar-refractivity contribution >= 4 is 5.97 Å². The molecule has 4 nitrogen and oxygen atoms in total. The van der Waals surface area contributed by atoms with Crippen LogP contribution < -0.4 is 5.32 Å². The van der Waals surface area contributed by atoms with E-state index in [2.05, 4.69) is 10.2 Å². The molecule has 0 amide bonds. The molecule has 2 N–H and O–H groups in total. The van der Waals surface area contributed by atoms with Crippen molar-refractivity contribution in [3.8, 4) is 0 Å². The van der Waals surface area contributed by atoms with Crippen molar-refractivity contribution in [1.29, 1.82) is 0 Å². The summed E-state index contributed by atoms with van der Waals surface area (Å²) >= 11 is 0. The molecule has 1 unspecified atom stereocenters. The van der Waals surface area contributed by atoms with Gasteiger partial charge in [-0.25, -0.2) is 0 Å². The summed E-state index contributed by atoms with van der Waals surface area (Å²) in [7, 11) is 2.03. The number of carbonyl (C=O) groups is 1. The lowest BCUT2D eigenvalue weighted by Crippen LogP contribution is -2.45. The minimum absolute atomic E-state index is 0.135. The summed E-state index contributed by atoms with van der Waals surface area (Å²) in [4.78, 5) is 12.8. The Hall–Kier alpha value is -0.610. The van der Waals surface area contributed by atoms with Crippen molar-refractivity contribution in [3.63, 3.8) is 0 Å². The van der Waals surface area contributed by atoms with Gasteiger partial charge in [0.15, 0.2) is 0 Å². The lowest BCUT2D eigenvalue weighted by atomic mass is 10.0. The van der Waals surface area contributed by atoms with Crippen LogP contribution in [0.4, 0.5) is 0 Å². The lowest BCUT2D eigenvalue weighted by Gasteiger charge is -2.35. The Labute approximate surface area is 85.3 Å². The Morgan fingerprint density at radius 1 is 1.57 bits per heavy atom. The van der Waals surface area contributed by atoms with E-state index in [1.807, 2.05) is 14.0 Å². The van der Waals surface area contributed by atoms with E-state index in [0.717, 1.165) is 25.9 Å². The summed E-state index contributed by atoms with van der Waals surface area (Å²) in [6.07, 6.45) is 2.49. The van der Waals surface area contributed by atoms with Gasteiger partial charge in [-0.2, -0.15) is 0 Å². The first-order chi connectivity index (χ1) is 6.61. The zero-order valence-electron chi connectivity index (χ0n) is 8.99. The van der Waals surface area contributed by atoms with E-state index in [0.29, 0.717) is 6.04 Å². The van der Waals surface area contributed by atoms with Gasteiger partial charge in [0.25, 0.3) is 0 Å². The van der Waals surface area contributed by atoms with Crippen molar-refractivity contribution < 1.29 is 9.90 Å². The van der Waals surface area contributed by atoms with E-state index >= 15 is 0 Å². The number of hydrogen-bond acceptors (Lipinski definition) is 3. The summed E-state index contributed by atoms with van der Waals surface area (Å²) < 4.78 is 0. The Balaban J connectivity index is 2.37. The number of nitrogens with one attached hydrogen (secondary N) is 1. The van der Waals surface area contributed by atoms with Crippen LogP contribution in [0.25, 0.3) is 0 Å². The average molecular weight is 200 g/mol. The molecule has 1 atom stereocenters. The molecule has 4 heteroatoms. The van der Waals surface area contributed by atoms with Crippen molar-refractivity contribution in [1.82, 2.24) is 10.2 Å². The Kier molecular flexibility index (Phi) is 4.35. The Morgan fingerprint density at radius 3 is 2.64 bits per heavy atom. The van der Waals surface area contributed by atoms with Crippen LogP contribution in [0, 0.1) is 0 Å². The van der Waals surface area contributed by atoms with Crippen molar-refractivity contribution in [3.05, 3.63) is 0 Å². The first kappa shape index (κ1) is 11.5.